The zero-order valence-corrected chi connectivity index (χ0v) is 13.5. The van der Waals surface area contributed by atoms with Crippen molar-refractivity contribution in [3.8, 4) is 11.3 Å². The molecule has 0 radical (unpaired) electrons. The summed E-state index contributed by atoms with van der Waals surface area (Å²) in [6.07, 6.45) is 3.39. The predicted octanol–water partition coefficient (Wildman–Crippen LogP) is 3.42. The highest BCUT2D eigenvalue weighted by Gasteiger charge is 2.09. The van der Waals surface area contributed by atoms with Gasteiger partial charge in [-0.25, -0.2) is 9.37 Å². The van der Waals surface area contributed by atoms with Crippen molar-refractivity contribution in [2.45, 2.75) is 0 Å². The van der Waals surface area contributed by atoms with E-state index in [0.29, 0.717) is 10.9 Å². The molecule has 1 N–H and O–H groups in total. The minimum Gasteiger partial charge on any atom is -0.334 e. The third-order valence-electron chi connectivity index (χ3n) is 3.76. The van der Waals surface area contributed by atoms with Crippen molar-refractivity contribution in [1.82, 2.24) is 19.7 Å². The molecule has 0 aliphatic rings. The lowest BCUT2D eigenvalue weighted by Gasteiger charge is -2.07. The number of aromatic nitrogens is 4. The first-order valence-corrected chi connectivity index (χ1v) is 7.59. The van der Waals surface area contributed by atoms with Gasteiger partial charge in [-0.1, -0.05) is 6.07 Å². The average Bonchev–Trinajstić information content (AvgIpc) is 3.16. The lowest BCUT2D eigenvalue weighted by Crippen LogP contribution is -2.13. The zero-order valence-electron chi connectivity index (χ0n) is 17.5. The molecule has 26 heavy (non-hydrogen) atoms. The van der Waals surface area contributed by atoms with Gasteiger partial charge < -0.3 is 9.88 Å². The number of halogens is 1. The first-order valence-electron chi connectivity index (χ1n) is 9.59. The summed E-state index contributed by atoms with van der Waals surface area (Å²) in [5.41, 5.74) is 1.78. The van der Waals surface area contributed by atoms with Crippen molar-refractivity contribution < 1.29 is 14.7 Å². The molecule has 4 aromatic rings. The van der Waals surface area contributed by atoms with Gasteiger partial charge in [0.15, 0.2) is 5.82 Å². The lowest BCUT2D eigenvalue weighted by molar-refractivity contribution is 0.102. The molecular formula is C19H14FN5O. The van der Waals surface area contributed by atoms with Gasteiger partial charge in [0.25, 0.3) is 5.91 Å². The summed E-state index contributed by atoms with van der Waals surface area (Å²) in [4.78, 5) is 16.7. The molecule has 2 heterocycles. The number of nitrogens with one attached hydrogen (secondary N) is 1. The molecule has 2 aromatic heterocycles. The molecule has 0 spiro atoms. The van der Waals surface area contributed by atoms with Gasteiger partial charge in [-0.15, -0.1) is 10.2 Å². The van der Waals surface area contributed by atoms with Crippen molar-refractivity contribution in [2.24, 2.45) is 7.05 Å². The molecule has 6 nitrogen and oxygen atoms in total. The molecule has 0 atom stereocenters. The Morgan fingerprint density at radius 1 is 1.19 bits per heavy atom. The molecule has 0 unspecified atom stereocenters. The number of hydrogen-bond acceptors (Lipinski definition) is 4. The Hall–Kier alpha value is -3.61. The number of anilines is 1. The minimum absolute atomic E-state index is 0.0517. The van der Waals surface area contributed by atoms with Gasteiger partial charge in [0, 0.05) is 23.6 Å². The average molecular weight is 351 g/mol. The van der Waals surface area contributed by atoms with Gasteiger partial charge in [-0.2, -0.15) is 0 Å². The van der Waals surface area contributed by atoms with Crippen LogP contribution >= 0.6 is 0 Å². The maximum absolute atomic E-state index is 13.7. The van der Waals surface area contributed by atoms with Crippen LogP contribution in [0.15, 0.2) is 61.0 Å². The van der Waals surface area contributed by atoms with Crippen LogP contribution in [0.25, 0.3) is 22.2 Å². The van der Waals surface area contributed by atoms with Crippen molar-refractivity contribution >= 4 is 22.6 Å². The largest absolute Gasteiger partial charge is 0.334 e. The van der Waals surface area contributed by atoms with E-state index in [4.69, 9.17) is 5.48 Å². The predicted molar refractivity (Wildman–Crippen MR) is 96.1 cm³/mol. The van der Waals surface area contributed by atoms with E-state index in [1.807, 2.05) is 23.7 Å². The van der Waals surface area contributed by atoms with Crippen molar-refractivity contribution in [2.75, 3.05) is 5.32 Å². The first kappa shape index (κ1) is 11.9. The number of rotatable bonds is 3. The van der Waals surface area contributed by atoms with E-state index in [1.54, 1.807) is 24.7 Å². The number of aryl methyl sites for hydroxylation is 1. The second kappa shape index (κ2) is 6.36. The molecule has 0 aliphatic carbocycles. The number of fused-ring (bicyclic) bond motifs is 1. The quantitative estimate of drug-likeness (QED) is 0.614. The minimum atomic E-state index is -1.31. The topological polar surface area (TPSA) is 72.7 Å². The number of amides is 1. The molecule has 1 amide bonds. The lowest BCUT2D eigenvalue weighted by atomic mass is 10.1. The van der Waals surface area contributed by atoms with Crippen LogP contribution in [0.1, 0.15) is 15.8 Å². The van der Waals surface area contributed by atoms with Crippen molar-refractivity contribution in [3.63, 3.8) is 0 Å². The van der Waals surface area contributed by atoms with E-state index < -0.39 is 41.5 Å². The smallest absolute Gasteiger partial charge is 0.256 e. The molecule has 0 bridgehead atoms. The van der Waals surface area contributed by atoms with E-state index in [-0.39, 0.29) is 5.82 Å². The van der Waals surface area contributed by atoms with E-state index in [1.165, 1.54) is 0 Å². The number of imidazole rings is 1. The summed E-state index contributed by atoms with van der Waals surface area (Å²) >= 11 is 0. The molecule has 0 saturated heterocycles. The van der Waals surface area contributed by atoms with Crippen LogP contribution in [0, 0.1) is 5.82 Å². The van der Waals surface area contributed by atoms with Gasteiger partial charge in [0.2, 0.25) is 0 Å². The Kier molecular flexibility index (Phi) is 2.90. The van der Waals surface area contributed by atoms with Gasteiger partial charge in [0.1, 0.15) is 5.82 Å². The molecular weight excluding hydrogens is 333 g/mol. The Morgan fingerprint density at radius 2 is 2.00 bits per heavy atom. The molecule has 128 valence electrons. The van der Waals surface area contributed by atoms with Crippen molar-refractivity contribution in [1.29, 1.82) is 0 Å². The van der Waals surface area contributed by atoms with Crippen LogP contribution in [0.4, 0.5) is 10.2 Å². The SMILES string of the molecule is [2H]c1c([2H])c(C(=O)Nc2cc3cc(-c4cncn4C)ccc3nn2)c([2H])c([2H])c1F. The van der Waals surface area contributed by atoms with Gasteiger partial charge in [-0.05, 0) is 42.4 Å². The monoisotopic (exact) mass is 351 g/mol. The van der Waals surface area contributed by atoms with Gasteiger partial charge in [0.05, 0.1) is 29.2 Å². The number of carbonyl (C=O) groups excluding carboxylic acids is 1. The summed E-state index contributed by atoms with van der Waals surface area (Å²) in [6, 6.07) is 3.72. The highest BCUT2D eigenvalue weighted by atomic mass is 19.1. The maximum atomic E-state index is 13.7. The van der Waals surface area contributed by atoms with Gasteiger partial charge >= 0.3 is 0 Å². The zero-order chi connectivity index (χ0) is 21.6. The third kappa shape index (κ3) is 3.02. The number of benzene rings is 2. The molecule has 4 rings (SSSR count). The van der Waals surface area contributed by atoms with Crippen molar-refractivity contribution in [3.05, 3.63) is 72.3 Å². The van der Waals surface area contributed by atoms with Crippen LogP contribution in [0.2, 0.25) is 0 Å². The Labute approximate surface area is 154 Å². The van der Waals surface area contributed by atoms with E-state index in [9.17, 15) is 9.18 Å². The second-order valence-corrected chi connectivity index (χ2v) is 5.54. The van der Waals surface area contributed by atoms with Crippen LogP contribution in [0.3, 0.4) is 0 Å². The summed E-state index contributed by atoms with van der Waals surface area (Å²) in [5, 5.41) is 11.1. The van der Waals surface area contributed by atoms with Crippen LogP contribution in [0.5, 0.6) is 0 Å². The summed E-state index contributed by atoms with van der Waals surface area (Å²) in [7, 11) is 1.86. The highest BCUT2D eigenvalue weighted by molar-refractivity contribution is 6.04. The Balaban J connectivity index is 1.71. The molecule has 2 aromatic carbocycles. The Morgan fingerprint density at radius 3 is 2.73 bits per heavy atom. The van der Waals surface area contributed by atoms with Crippen LogP contribution in [-0.4, -0.2) is 25.7 Å². The normalized spacial score (nSPS) is 13.0. The summed E-state index contributed by atoms with van der Waals surface area (Å²) < 4.78 is 46.2. The molecule has 7 heteroatoms. The van der Waals surface area contributed by atoms with Gasteiger partial charge in [-0.3, -0.25) is 4.79 Å². The summed E-state index contributed by atoms with van der Waals surface area (Å²) in [5.74, 6) is -2.20. The molecule has 0 saturated carbocycles. The fraction of sp³-hybridized carbons (Fsp3) is 0.0526. The fourth-order valence-electron chi connectivity index (χ4n) is 2.49. The second-order valence-electron chi connectivity index (χ2n) is 5.54. The Bertz CT molecular complexity index is 1300. The number of nitrogens with zero attached hydrogens (tertiary/aromatic N) is 4. The standard InChI is InChI=1S/C19H14FN5O/c1-25-11-21-10-17(25)13-4-7-16-14(8-13)9-18(24-23-16)22-19(26)12-2-5-15(20)6-3-12/h2-11H,1H3,(H,22,24,26)/i2D,3D,5D,6D. The number of hydrogen-bond donors (Lipinski definition) is 1. The third-order valence-corrected chi connectivity index (χ3v) is 3.76. The summed E-state index contributed by atoms with van der Waals surface area (Å²) in [6.45, 7) is 0. The highest BCUT2D eigenvalue weighted by Crippen LogP contribution is 2.24. The van der Waals surface area contributed by atoms with E-state index >= 15 is 0 Å². The van der Waals surface area contributed by atoms with E-state index in [0.717, 1.165) is 11.3 Å². The molecule has 0 fully saturated rings. The molecule has 0 aliphatic heterocycles. The maximum Gasteiger partial charge on any atom is 0.256 e. The van der Waals surface area contributed by atoms with Crippen LogP contribution in [-0.2, 0) is 7.05 Å². The van der Waals surface area contributed by atoms with E-state index in [2.05, 4.69) is 20.5 Å². The fourth-order valence-corrected chi connectivity index (χ4v) is 2.49. The van der Waals surface area contributed by atoms with Crippen LogP contribution < -0.4 is 5.32 Å². The first-order chi connectivity index (χ1) is 14.3. The number of carbonyl (C=O) groups is 1.